The number of amides is 6. The molecule has 96 heavy (non-hydrogen) atoms. The van der Waals surface area contributed by atoms with Crippen LogP contribution in [0.4, 0.5) is 0 Å². The highest BCUT2D eigenvalue weighted by Crippen LogP contribution is 2.52. The molecule has 524 valence electrons. The van der Waals surface area contributed by atoms with Crippen molar-refractivity contribution >= 4 is 120 Å². The lowest BCUT2D eigenvalue weighted by Crippen LogP contribution is -2.71. The molecule has 2 aliphatic carbocycles. The van der Waals surface area contributed by atoms with Crippen LogP contribution in [0.1, 0.15) is 116 Å². The van der Waals surface area contributed by atoms with Crippen LogP contribution in [0.5, 0.6) is 0 Å². The number of nitrogens with zero attached hydrogens (tertiary/aromatic N) is 6. The van der Waals surface area contributed by atoms with Gasteiger partial charge in [0.1, 0.15) is 24.2 Å². The van der Waals surface area contributed by atoms with E-state index in [0.717, 1.165) is 68.2 Å². The number of likely N-dealkylation sites (N-methyl/N-ethyl adjacent to an activating group) is 2. The number of aromatic amines is 2. The number of benzene rings is 2. The third-order valence-electron chi connectivity index (χ3n) is 20.5. The van der Waals surface area contributed by atoms with E-state index >= 15 is 0 Å². The molecular weight excluding hydrogens is 1410 g/mol. The highest BCUT2D eigenvalue weighted by Gasteiger charge is 2.74. The Labute approximate surface area is 576 Å². The molecule has 2 aromatic carbocycles. The summed E-state index contributed by atoms with van der Waals surface area (Å²) in [5.41, 5.74) is 5.35. The first-order valence-electron chi connectivity index (χ1n) is 32.8. The largest absolute Gasteiger partial charge is 0.349 e. The number of aliphatic hydroxyl groups is 2. The molecule has 12 atom stereocenters. The van der Waals surface area contributed by atoms with Gasteiger partial charge < -0.3 is 40.6 Å². The van der Waals surface area contributed by atoms with Gasteiger partial charge >= 0.3 is 0 Å². The lowest BCUT2D eigenvalue weighted by Gasteiger charge is -2.49. The number of fused-ring (bicyclic) bond motifs is 10. The third kappa shape index (κ3) is 12.5. The summed E-state index contributed by atoms with van der Waals surface area (Å²) in [5.74, 6) is -8.03. The fourth-order valence-corrected chi connectivity index (χ4v) is 17.4. The predicted molar refractivity (Wildman–Crippen MR) is 363 cm³/mol. The van der Waals surface area contributed by atoms with Crippen molar-refractivity contribution in [1.29, 1.82) is 0 Å². The maximum Gasteiger partial charge on any atom is 0.281 e. The van der Waals surface area contributed by atoms with Gasteiger partial charge in [0.15, 0.2) is 0 Å². The summed E-state index contributed by atoms with van der Waals surface area (Å²) in [7, 11) is -3.28. The fourth-order valence-electron chi connectivity index (χ4n) is 16.3. The van der Waals surface area contributed by atoms with Crippen molar-refractivity contribution in [1.82, 2.24) is 50.0 Å². The van der Waals surface area contributed by atoms with Crippen LogP contribution in [-0.2, 0) is 71.3 Å². The summed E-state index contributed by atoms with van der Waals surface area (Å²) in [6.45, 7) is 17.1. The van der Waals surface area contributed by atoms with Gasteiger partial charge in [-0.3, -0.25) is 66.9 Å². The minimum atomic E-state index is -3.67. The van der Waals surface area contributed by atoms with Gasteiger partial charge in [0.2, 0.25) is 35.1 Å². The lowest BCUT2D eigenvalue weighted by molar-refractivity contribution is -0.322. The van der Waals surface area contributed by atoms with Crippen molar-refractivity contribution in [2.75, 3.05) is 52.8 Å². The summed E-state index contributed by atoms with van der Waals surface area (Å²) in [6.07, 6.45) is 10.4. The van der Waals surface area contributed by atoms with E-state index in [4.69, 9.17) is 18.6 Å². The second kappa shape index (κ2) is 25.8. The van der Waals surface area contributed by atoms with Crippen molar-refractivity contribution in [2.45, 2.75) is 166 Å². The molecule has 8 aliphatic heterocycles. The molecule has 6 fully saturated rings. The Bertz CT molecular complexity index is 3860. The lowest BCUT2D eigenvalue weighted by atomic mass is 9.79. The minimum Gasteiger partial charge on any atom is -0.349 e. The van der Waals surface area contributed by atoms with Crippen LogP contribution in [0, 0.1) is 35.5 Å². The van der Waals surface area contributed by atoms with Gasteiger partial charge in [0.05, 0.1) is 33.6 Å². The molecule has 26 nitrogen and oxygen atoms in total. The molecule has 2 aromatic heterocycles. The summed E-state index contributed by atoms with van der Waals surface area (Å²) in [4.78, 5) is 102. The van der Waals surface area contributed by atoms with Gasteiger partial charge in [0, 0.05) is 71.9 Å². The van der Waals surface area contributed by atoms with E-state index in [1.54, 1.807) is 37.5 Å². The summed E-state index contributed by atoms with van der Waals surface area (Å²) < 4.78 is 66.6. The number of ether oxygens (including phenoxy) is 2. The number of hydrogen-bond acceptors (Lipinski definition) is 16. The van der Waals surface area contributed by atoms with E-state index in [1.807, 2.05) is 66.1 Å². The molecule has 0 unspecified atom stereocenters. The molecule has 6 saturated heterocycles. The van der Waals surface area contributed by atoms with E-state index in [9.17, 15) is 55.8 Å². The first kappa shape index (κ1) is 71.6. The fraction of sp³-hybridized carbons (Fsp3) is 0.606. The molecule has 0 spiro atoms. The SMILES string of the molecule is CC(C)C[C@H]1C(=O)N2CCC[C@H]2[C@]2(O)O[C@](NC(=O)[C@@H]3C=C4c5cccc6[nH]c(Br)c(c56)C[C@H]4N(C)C3)(C(C)C)C(=O)N12.CC(C)C[C@H]1C(=O)N2CCC[C@H]2[C@]2(O)O[C@](NC(=O)[C@@H]3C=C4c5cccc6[nH]c(Br)c(c56)C[C@H]4N(C)C3)(C(C)C)C(=O)N12.CS(=O)(=O)O.CS(=O)(=O)O. The van der Waals surface area contributed by atoms with Gasteiger partial charge in [-0.15, -0.1) is 0 Å². The summed E-state index contributed by atoms with van der Waals surface area (Å²) in [6, 6.07) is 9.53. The quantitative estimate of drug-likeness (QED) is 0.0922. The Morgan fingerprint density at radius 1 is 0.615 bits per heavy atom. The number of piperazine rings is 2. The first-order valence-corrected chi connectivity index (χ1v) is 38.1. The van der Waals surface area contributed by atoms with E-state index in [0.29, 0.717) is 64.4 Å². The number of aromatic nitrogens is 2. The van der Waals surface area contributed by atoms with Gasteiger partial charge in [-0.2, -0.15) is 16.8 Å². The zero-order valence-electron chi connectivity index (χ0n) is 56.0. The zero-order valence-corrected chi connectivity index (χ0v) is 60.8. The molecule has 10 heterocycles. The van der Waals surface area contributed by atoms with Crippen molar-refractivity contribution in [3.05, 3.63) is 80.0 Å². The highest BCUT2D eigenvalue weighted by atomic mass is 79.9. The average Bonchev–Trinajstić information content (AvgIpc) is 1.54. The average molecular weight is 1500 g/mol. The molecule has 0 saturated carbocycles. The maximum atomic E-state index is 14.4. The third-order valence-corrected chi connectivity index (χ3v) is 21.9. The molecule has 6 amide bonds. The van der Waals surface area contributed by atoms with Crippen LogP contribution in [0.2, 0.25) is 0 Å². The zero-order chi connectivity index (χ0) is 70.2. The molecular formula is C66H88Br2N10O16S2. The normalized spacial score (nSPS) is 31.4. The van der Waals surface area contributed by atoms with Crippen molar-refractivity contribution < 1.29 is 74.4 Å². The van der Waals surface area contributed by atoms with Crippen LogP contribution in [0.15, 0.2) is 57.8 Å². The second-order valence-corrected chi connectivity index (χ2v) is 33.4. The van der Waals surface area contributed by atoms with Crippen LogP contribution in [0.25, 0.3) is 33.0 Å². The summed E-state index contributed by atoms with van der Waals surface area (Å²) >= 11 is 7.40. The molecule has 0 radical (unpaired) electrons. The van der Waals surface area contributed by atoms with Gasteiger partial charge in [-0.1, -0.05) is 91.8 Å². The Hall–Kier alpha value is -5.64. The van der Waals surface area contributed by atoms with Gasteiger partial charge in [0.25, 0.3) is 43.9 Å². The minimum absolute atomic E-state index is 0.104. The van der Waals surface area contributed by atoms with Crippen LogP contribution in [-0.4, -0.2) is 223 Å². The van der Waals surface area contributed by atoms with E-state index in [-0.39, 0.29) is 47.5 Å². The predicted octanol–water partition coefficient (Wildman–Crippen LogP) is 5.39. The number of carbonyl (C=O) groups excluding carboxylic acids is 6. The Morgan fingerprint density at radius 3 is 1.28 bits per heavy atom. The van der Waals surface area contributed by atoms with E-state index in [1.165, 1.54) is 31.7 Å². The van der Waals surface area contributed by atoms with Crippen LogP contribution in [0.3, 0.4) is 0 Å². The van der Waals surface area contributed by atoms with Crippen molar-refractivity contribution in [3.63, 3.8) is 0 Å². The molecule has 14 rings (SSSR count). The Morgan fingerprint density at radius 2 is 0.958 bits per heavy atom. The standard InChI is InChI=1S/2C32H40BrN5O5.2CH4O3S/c2*1-16(2)12-24-29(40)37-11-7-10-25(37)32(42)38(24)30(41)31(43-32,17(3)4)35-28(39)18-13-20-19-8-6-9-22-26(19)21(27(33)34-22)14-23(20)36(5)15-18;2*1-5(2,3)4/h2*6,8-9,13,16-18,23-25,34,42H,7,10-12,14-15H2,1-5H3,(H,35,39);2*1H3,(H,2,3,4)/t2*18-,23-,24+,25+,31-,32+;;/m11../s1. The molecule has 0 bridgehead atoms. The topological polar surface area (TPSA) is 345 Å². The highest BCUT2D eigenvalue weighted by molar-refractivity contribution is 9.10. The number of H-pyrrole nitrogens is 2. The van der Waals surface area contributed by atoms with E-state index in [2.05, 4.69) is 86.5 Å². The monoisotopic (exact) mass is 1500 g/mol. The first-order chi connectivity index (χ1) is 44.7. The molecule has 4 aromatic rings. The number of halogens is 2. The number of nitrogens with one attached hydrogen (secondary N) is 4. The Balaban J connectivity index is 0.000000171. The van der Waals surface area contributed by atoms with Crippen LogP contribution < -0.4 is 10.6 Å². The van der Waals surface area contributed by atoms with Gasteiger partial charge in [-0.05, 0) is 155 Å². The van der Waals surface area contributed by atoms with E-state index < -0.39 is 103 Å². The number of rotatable bonds is 10. The summed E-state index contributed by atoms with van der Waals surface area (Å²) in [5, 5.41) is 32.6. The second-order valence-electron chi connectivity index (χ2n) is 28.8. The Kier molecular flexibility index (Phi) is 19.3. The van der Waals surface area contributed by atoms with Crippen molar-refractivity contribution in [3.8, 4) is 0 Å². The van der Waals surface area contributed by atoms with Crippen molar-refractivity contribution in [2.24, 2.45) is 35.5 Å². The smallest absolute Gasteiger partial charge is 0.281 e. The van der Waals surface area contributed by atoms with Gasteiger partial charge in [-0.25, -0.2) is 0 Å². The number of hydrogen-bond donors (Lipinski definition) is 8. The molecule has 10 aliphatic rings. The molecule has 30 heteroatoms. The molecule has 8 N–H and O–H groups in total. The van der Waals surface area contributed by atoms with Crippen LogP contribution >= 0.6 is 31.9 Å². The maximum absolute atomic E-state index is 14.4. The number of carbonyl (C=O) groups is 6.